The van der Waals surface area contributed by atoms with Crippen LogP contribution in [0.3, 0.4) is 0 Å². The number of hydrogen-bond acceptors (Lipinski definition) is 6. The zero-order chi connectivity index (χ0) is 21.9. The molecule has 0 spiro atoms. The molecule has 0 saturated carbocycles. The Kier molecular flexibility index (Phi) is 6.67. The molecule has 1 saturated heterocycles. The highest BCUT2D eigenvalue weighted by atomic mass is 32.2. The molecule has 0 aliphatic carbocycles. The number of hydrogen-bond donors (Lipinski definition) is 1. The van der Waals surface area contributed by atoms with Gasteiger partial charge in [0.2, 0.25) is 0 Å². The van der Waals surface area contributed by atoms with Crippen molar-refractivity contribution in [3.8, 4) is 0 Å². The Morgan fingerprint density at radius 1 is 1.17 bits per heavy atom. The molecule has 0 aromatic heterocycles. The number of thioether (sulfide) groups is 1. The molecule has 30 heavy (non-hydrogen) atoms. The summed E-state index contributed by atoms with van der Waals surface area (Å²) >= 11 is 1.38. The van der Waals surface area contributed by atoms with Crippen molar-refractivity contribution >= 4 is 39.1 Å². The molecule has 2 aromatic rings. The Morgan fingerprint density at radius 2 is 1.87 bits per heavy atom. The molecule has 0 unspecified atom stereocenters. The van der Waals surface area contributed by atoms with Gasteiger partial charge < -0.3 is 4.90 Å². The van der Waals surface area contributed by atoms with Crippen LogP contribution in [0.25, 0.3) is 0 Å². The van der Waals surface area contributed by atoms with E-state index in [1.54, 1.807) is 11.0 Å². The highest BCUT2D eigenvalue weighted by Crippen LogP contribution is 2.30. The number of sulfonamides is 1. The smallest absolute Gasteiger partial charge is 0.274 e. The van der Waals surface area contributed by atoms with Crippen LogP contribution in [0.4, 0.5) is 11.4 Å². The largest absolute Gasteiger partial charge is 0.339 e. The van der Waals surface area contributed by atoms with Crippen molar-refractivity contribution in [1.82, 2.24) is 4.90 Å². The van der Waals surface area contributed by atoms with E-state index in [2.05, 4.69) is 4.72 Å². The van der Waals surface area contributed by atoms with E-state index >= 15 is 0 Å². The molecule has 8 nitrogen and oxygen atoms in total. The molecule has 10 heteroatoms. The van der Waals surface area contributed by atoms with Crippen LogP contribution in [0.2, 0.25) is 0 Å². The minimum absolute atomic E-state index is 0.0634. The summed E-state index contributed by atoms with van der Waals surface area (Å²) in [6.45, 7) is 2.81. The predicted octanol–water partition coefficient (Wildman–Crippen LogP) is 4.05. The van der Waals surface area contributed by atoms with E-state index in [0.717, 1.165) is 19.3 Å². The summed E-state index contributed by atoms with van der Waals surface area (Å²) in [6, 6.07) is 8.65. The van der Waals surface area contributed by atoms with Crippen molar-refractivity contribution in [2.45, 2.75) is 36.0 Å². The van der Waals surface area contributed by atoms with Crippen LogP contribution in [-0.4, -0.2) is 43.5 Å². The molecule has 2 aromatic carbocycles. The molecule has 0 bridgehead atoms. The van der Waals surface area contributed by atoms with Crippen LogP contribution in [0.15, 0.2) is 46.2 Å². The number of nitrogens with one attached hydrogen (secondary N) is 1. The van der Waals surface area contributed by atoms with Crippen molar-refractivity contribution in [3.63, 3.8) is 0 Å². The number of carbonyl (C=O) groups is 1. The van der Waals surface area contributed by atoms with E-state index in [9.17, 15) is 23.3 Å². The summed E-state index contributed by atoms with van der Waals surface area (Å²) in [5.41, 5.74) is 0.524. The van der Waals surface area contributed by atoms with Gasteiger partial charge in [-0.3, -0.25) is 19.6 Å². The second-order valence-electron chi connectivity index (χ2n) is 7.03. The fraction of sp³-hybridized carbons (Fsp3) is 0.350. The lowest BCUT2D eigenvalue weighted by atomic mass is 10.1. The number of piperidine rings is 1. The van der Waals surface area contributed by atoms with E-state index in [1.165, 1.54) is 49.0 Å². The summed E-state index contributed by atoms with van der Waals surface area (Å²) in [5.74, 6) is -0.178. The van der Waals surface area contributed by atoms with E-state index in [4.69, 9.17) is 0 Å². The van der Waals surface area contributed by atoms with Gasteiger partial charge in [-0.15, -0.1) is 11.8 Å². The summed E-state index contributed by atoms with van der Waals surface area (Å²) < 4.78 is 28.4. The standard InChI is InChI=1S/C20H23N3O5S2/c1-14-17(7-6-8-18(14)23(25)26)21-30(27,28)15-9-10-19(29-2)16(13-15)20(24)22-11-4-3-5-12-22/h6-10,13,21H,3-5,11-12H2,1-2H3. The minimum atomic E-state index is -4.04. The fourth-order valence-electron chi connectivity index (χ4n) is 3.42. The van der Waals surface area contributed by atoms with Crippen molar-refractivity contribution in [2.24, 2.45) is 0 Å². The van der Waals surface area contributed by atoms with Gasteiger partial charge in [-0.2, -0.15) is 0 Å². The predicted molar refractivity (Wildman–Crippen MR) is 117 cm³/mol. The quantitative estimate of drug-likeness (QED) is 0.405. The lowest BCUT2D eigenvalue weighted by molar-refractivity contribution is -0.385. The average molecular weight is 450 g/mol. The molecular formula is C20H23N3O5S2. The second-order valence-corrected chi connectivity index (χ2v) is 9.56. The third-order valence-corrected chi connectivity index (χ3v) is 7.26. The molecule has 1 aliphatic rings. The minimum Gasteiger partial charge on any atom is -0.339 e. The molecule has 0 atom stereocenters. The number of likely N-dealkylation sites (tertiary alicyclic amines) is 1. The van der Waals surface area contributed by atoms with Crippen molar-refractivity contribution < 1.29 is 18.1 Å². The van der Waals surface area contributed by atoms with E-state index in [1.807, 2.05) is 6.26 Å². The van der Waals surface area contributed by atoms with Gasteiger partial charge in [0, 0.05) is 24.1 Å². The van der Waals surface area contributed by atoms with Gasteiger partial charge in [0.25, 0.3) is 21.6 Å². The van der Waals surface area contributed by atoms with Gasteiger partial charge in [-0.05, 0) is 56.7 Å². The van der Waals surface area contributed by atoms with E-state index < -0.39 is 14.9 Å². The number of carbonyl (C=O) groups excluding carboxylic acids is 1. The van der Waals surface area contributed by atoms with Crippen LogP contribution in [0.1, 0.15) is 35.2 Å². The van der Waals surface area contributed by atoms with Crippen LogP contribution < -0.4 is 4.72 Å². The van der Waals surface area contributed by atoms with Gasteiger partial charge in [0.15, 0.2) is 0 Å². The molecule has 1 fully saturated rings. The molecule has 1 aliphatic heterocycles. The number of benzene rings is 2. The number of nitro benzene ring substituents is 1. The fourth-order valence-corrected chi connectivity index (χ4v) is 5.14. The first-order valence-corrected chi connectivity index (χ1v) is 12.2. The Hall–Kier alpha value is -2.59. The van der Waals surface area contributed by atoms with Gasteiger partial charge in [0.05, 0.1) is 26.6 Å². The molecule has 1 amide bonds. The molecule has 160 valence electrons. The number of nitrogens with zero attached hydrogens (tertiary/aromatic N) is 2. The Balaban J connectivity index is 1.96. The second kappa shape index (κ2) is 9.05. The zero-order valence-electron chi connectivity index (χ0n) is 16.8. The monoisotopic (exact) mass is 449 g/mol. The van der Waals surface area contributed by atoms with Crippen LogP contribution >= 0.6 is 11.8 Å². The number of rotatable bonds is 6. The van der Waals surface area contributed by atoms with Crippen LogP contribution in [-0.2, 0) is 10.0 Å². The Bertz CT molecular complexity index is 1080. The first-order chi connectivity index (χ1) is 14.2. The first kappa shape index (κ1) is 22.1. The summed E-state index contributed by atoms with van der Waals surface area (Å²) in [7, 11) is -4.04. The summed E-state index contributed by atoms with van der Waals surface area (Å²) in [4.78, 5) is 26.0. The highest BCUT2D eigenvalue weighted by Gasteiger charge is 2.25. The normalized spacial score (nSPS) is 14.4. The first-order valence-electron chi connectivity index (χ1n) is 9.48. The van der Waals surface area contributed by atoms with Gasteiger partial charge in [-0.1, -0.05) is 6.07 Å². The Labute approximate surface area is 179 Å². The van der Waals surface area contributed by atoms with Crippen molar-refractivity contribution in [2.75, 3.05) is 24.1 Å². The van der Waals surface area contributed by atoms with Gasteiger partial charge in [-0.25, -0.2) is 8.42 Å². The summed E-state index contributed by atoms with van der Waals surface area (Å²) in [6.07, 6.45) is 4.79. The average Bonchev–Trinajstić information content (AvgIpc) is 2.74. The zero-order valence-corrected chi connectivity index (χ0v) is 18.4. The van der Waals surface area contributed by atoms with Gasteiger partial charge in [0.1, 0.15) is 0 Å². The highest BCUT2D eigenvalue weighted by molar-refractivity contribution is 7.98. The third kappa shape index (κ3) is 4.59. The molecule has 0 radical (unpaired) electrons. The SMILES string of the molecule is CSc1ccc(S(=O)(=O)Nc2cccc([N+](=O)[O-])c2C)cc1C(=O)N1CCCCC1. The van der Waals surface area contributed by atoms with E-state index in [0.29, 0.717) is 23.5 Å². The number of amides is 1. The number of nitro groups is 1. The lowest BCUT2D eigenvalue weighted by Gasteiger charge is -2.27. The maximum Gasteiger partial charge on any atom is 0.274 e. The Morgan fingerprint density at radius 3 is 2.50 bits per heavy atom. The van der Waals surface area contributed by atoms with E-state index in [-0.39, 0.29) is 27.7 Å². The maximum absolute atomic E-state index is 13.0. The van der Waals surface area contributed by atoms with Crippen molar-refractivity contribution in [1.29, 1.82) is 0 Å². The topological polar surface area (TPSA) is 110 Å². The molecule has 3 rings (SSSR count). The summed E-state index contributed by atoms with van der Waals surface area (Å²) in [5, 5.41) is 11.1. The van der Waals surface area contributed by atoms with Crippen LogP contribution in [0, 0.1) is 17.0 Å². The maximum atomic E-state index is 13.0. The number of anilines is 1. The lowest BCUT2D eigenvalue weighted by Crippen LogP contribution is -2.36. The van der Waals surface area contributed by atoms with Crippen molar-refractivity contribution in [3.05, 3.63) is 57.6 Å². The van der Waals surface area contributed by atoms with Crippen LogP contribution in [0.5, 0.6) is 0 Å². The molecule has 1 heterocycles. The molecule has 1 N–H and O–H groups in total. The van der Waals surface area contributed by atoms with Gasteiger partial charge >= 0.3 is 0 Å². The third-order valence-electron chi connectivity index (χ3n) is 5.10. The molecular weight excluding hydrogens is 426 g/mol.